The quantitative estimate of drug-likeness (QED) is 0.867. The molecular formula is C12H11Cl2NO3S. The summed E-state index contributed by atoms with van der Waals surface area (Å²) in [6.45, 7) is 0.123. The molecule has 2 aromatic rings. The fourth-order valence-electron chi connectivity index (χ4n) is 1.55. The fourth-order valence-corrected chi connectivity index (χ4v) is 3.42. The van der Waals surface area contributed by atoms with Crippen molar-refractivity contribution in [1.29, 1.82) is 0 Å². The van der Waals surface area contributed by atoms with E-state index in [2.05, 4.69) is 0 Å². The standard InChI is InChI=1S/C12H11Cl2NO3S/c1-15(8-10-3-2-6-18-10)19(16,17)12-7-9(13)4-5-11(12)14/h2-7H,8H2,1H3. The SMILES string of the molecule is CN(Cc1ccco1)S(=O)(=O)c1cc(Cl)ccc1Cl. The summed E-state index contributed by atoms with van der Waals surface area (Å²) in [5, 5.41) is 0.449. The molecule has 0 bridgehead atoms. The molecule has 4 nitrogen and oxygen atoms in total. The van der Waals surface area contributed by atoms with Gasteiger partial charge in [-0.3, -0.25) is 0 Å². The third-order valence-corrected chi connectivity index (χ3v) is 5.06. The first kappa shape index (κ1) is 14.4. The first-order valence-electron chi connectivity index (χ1n) is 5.35. The summed E-state index contributed by atoms with van der Waals surface area (Å²) >= 11 is 11.7. The van der Waals surface area contributed by atoms with Crippen molar-refractivity contribution in [3.63, 3.8) is 0 Å². The third kappa shape index (κ3) is 3.12. The van der Waals surface area contributed by atoms with Gasteiger partial charge in [-0.1, -0.05) is 23.2 Å². The second-order valence-electron chi connectivity index (χ2n) is 3.92. The molecule has 0 atom stereocenters. The highest BCUT2D eigenvalue weighted by atomic mass is 35.5. The maximum Gasteiger partial charge on any atom is 0.244 e. The predicted molar refractivity (Wildman–Crippen MR) is 73.8 cm³/mol. The van der Waals surface area contributed by atoms with Crippen molar-refractivity contribution in [2.75, 3.05) is 7.05 Å². The summed E-state index contributed by atoms with van der Waals surface area (Å²) in [4.78, 5) is -0.0178. The van der Waals surface area contributed by atoms with Crippen molar-refractivity contribution in [3.8, 4) is 0 Å². The van der Waals surface area contributed by atoms with Gasteiger partial charge < -0.3 is 4.42 Å². The van der Waals surface area contributed by atoms with Crippen molar-refractivity contribution < 1.29 is 12.8 Å². The summed E-state index contributed by atoms with van der Waals surface area (Å²) < 4.78 is 31.0. The Kier molecular flexibility index (Phi) is 4.20. The van der Waals surface area contributed by atoms with Crippen molar-refractivity contribution >= 4 is 33.2 Å². The zero-order valence-electron chi connectivity index (χ0n) is 10.0. The smallest absolute Gasteiger partial charge is 0.244 e. The Balaban J connectivity index is 2.33. The van der Waals surface area contributed by atoms with Crippen LogP contribution >= 0.6 is 23.2 Å². The number of furan rings is 1. The largest absolute Gasteiger partial charge is 0.468 e. The molecule has 0 amide bonds. The lowest BCUT2D eigenvalue weighted by Crippen LogP contribution is -2.26. The van der Waals surface area contributed by atoms with Gasteiger partial charge in [0.2, 0.25) is 10.0 Å². The minimum absolute atomic E-state index is 0.0178. The van der Waals surface area contributed by atoms with E-state index in [1.165, 1.54) is 31.5 Å². The molecule has 0 aliphatic rings. The van der Waals surface area contributed by atoms with Crippen LogP contribution in [0.5, 0.6) is 0 Å². The molecule has 0 spiro atoms. The van der Waals surface area contributed by atoms with Crippen molar-refractivity contribution in [2.45, 2.75) is 11.4 Å². The molecule has 102 valence electrons. The molecule has 0 unspecified atom stereocenters. The molecule has 0 fully saturated rings. The first-order chi connectivity index (χ1) is 8.91. The molecule has 0 N–H and O–H groups in total. The number of rotatable bonds is 4. The summed E-state index contributed by atoms with van der Waals surface area (Å²) in [5.41, 5.74) is 0. The summed E-state index contributed by atoms with van der Waals surface area (Å²) in [6, 6.07) is 7.72. The second-order valence-corrected chi connectivity index (χ2v) is 6.77. The van der Waals surface area contributed by atoms with Crippen LogP contribution in [0.25, 0.3) is 0 Å². The van der Waals surface area contributed by atoms with Crippen molar-refractivity contribution in [1.82, 2.24) is 4.31 Å². The van der Waals surface area contributed by atoms with Gasteiger partial charge in [-0.05, 0) is 30.3 Å². The molecule has 1 aromatic heterocycles. The van der Waals surface area contributed by atoms with Crippen LogP contribution in [0.1, 0.15) is 5.76 Å². The molecule has 7 heteroatoms. The van der Waals surface area contributed by atoms with E-state index in [0.29, 0.717) is 10.8 Å². The van der Waals surface area contributed by atoms with Gasteiger partial charge in [0.15, 0.2) is 0 Å². The fraction of sp³-hybridized carbons (Fsp3) is 0.167. The van der Waals surface area contributed by atoms with E-state index in [1.807, 2.05) is 0 Å². The van der Waals surface area contributed by atoms with E-state index >= 15 is 0 Å². The van der Waals surface area contributed by atoms with E-state index in [-0.39, 0.29) is 16.5 Å². The maximum absolute atomic E-state index is 12.4. The Hall–Kier alpha value is -1.01. The highest BCUT2D eigenvalue weighted by Gasteiger charge is 2.24. The minimum atomic E-state index is -3.71. The summed E-state index contributed by atoms with van der Waals surface area (Å²) in [5.74, 6) is 0.546. The lowest BCUT2D eigenvalue weighted by Gasteiger charge is -2.17. The van der Waals surface area contributed by atoms with Gasteiger partial charge in [0, 0.05) is 12.1 Å². The molecule has 0 aliphatic heterocycles. The van der Waals surface area contributed by atoms with Gasteiger partial charge in [0.25, 0.3) is 0 Å². The number of benzene rings is 1. The molecule has 2 rings (SSSR count). The second kappa shape index (κ2) is 5.54. The molecular weight excluding hydrogens is 309 g/mol. The molecule has 1 aromatic carbocycles. The van der Waals surface area contributed by atoms with E-state index in [9.17, 15) is 8.42 Å². The Morgan fingerprint density at radius 3 is 2.63 bits per heavy atom. The van der Waals surface area contributed by atoms with Crippen LogP contribution in [-0.2, 0) is 16.6 Å². The maximum atomic E-state index is 12.4. The summed E-state index contributed by atoms with van der Waals surface area (Å²) in [7, 11) is -2.26. The number of hydrogen-bond donors (Lipinski definition) is 0. The average Bonchev–Trinajstić information content (AvgIpc) is 2.85. The van der Waals surface area contributed by atoms with Crippen molar-refractivity contribution in [2.24, 2.45) is 0 Å². The van der Waals surface area contributed by atoms with E-state index in [1.54, 1.807) is 12.1 Å². The number of nitrogens with zero attached hydrogens (tertiary/aromatic N) is 1. The van der Waals surface area contributed by atoms with E-state index in [0.717, 1.165) is 4.31 Å². The Labute approximate surface area is 121 Å². The molecule has 19 heavy (non-hydrogen) atoms. The van der Waals surface area contributed by atoms with Crippen molar-refractivity contribution in [3.05, 3.63) is 52.4 Å². The summed E-state index contributed by atoms with van der Waals surface area (Å²) in [6.07, 6.45) is 1.49. The van der Waals surface area contributed by atoms with Crippen LogP contribution in [0.15, 0.2) is 45.9 Å². The van der Waals surface area contributed by atoms with Crippen LogP contribution in [0.3, 0.4) is 0 Å². The topological polar surface area (TPSA) is 50.5 Å². The number of halogens is 2. The zero-order valence-corrected chi connectivity index (χ0v) is 12.3. The first-order valence-corrected chi connectivity index (χ1v) is 7.54. The van der Waals surface area contributed by atoms with E-state index in [4.69, 9.17) is 27.6 Å². The Morgan fingerprint density at radius 1 is 1.26 bits per heavy atom. The highest BCUT2D eigenvalue weighted by Crippen LogP contribution is 2.27. The molecule has 0 saturated heterocycles. The van der Waals surface area contributed by atoms with Crippen LogP contribution in [-0.4, -0.2) is 19.8 Å². The van der Waals surface area contributed by atoms with Gasteiger partial charge in [0.1, 0.15) is 10.7 Å². The Morgan fingerprint density at radius 2 is 2.00 bits per heavy atom. The number of sulfonamides is 1. The Bertz CT molecular complexity index is 668. The molecule has 1 heterocycles. The number of hydrogen-bond acceptors (Lipinski definition) is 3. The van der Waals surface area contributed by atoms with Crippen LogP contribution in [0, 0.1) is 0 Å². The molecule has 0 radical (unpaired) electrons. The van der Waals surface area contributed by atoms with Crippen LogP contribution in [0.2, 0.25) is 10.0 Å². The average molecular weight is 320 g/mol. The van der Waals surface area contributed by atoms with Crippen LogP contribution < -0.4 is 0 Å². The van der Waals surface area contributed by atoms with Gasteiger partial charge >= 0.3 is 0 Å². The lowest BCUT2D eigenvalue weighted by atomic mass is 10.4. The van der Waals surface area contributed by atoms with Crippen LogP contribution in [0.4, 0.5) is 0 Å². The van der Waals surface area contributed by atoms with Gasteiger partial charge in [-0.15, -0.1) is 0 Å². The van der Waals surface area contributed by atoms with Gasteiger partial charge in [-0.2, -0.15) is 4.31 Å². The molecule has 0 saturated carbocycles. The predicted octanol–water partition coefficient (Wildman–Crippen LogP) is 3.41. The zero-order chi connectivity index (χ0) is 14.0. The van der Waals surface area contributed by atoms with Gasteiger partial charge in [0.05, 0.1) is 17.8 Å². The normalized spacial score (nSPS) is 12.0. The monoisotopic (exact) mass is 319 g/mol. The minimum Gasteiger partial charge on any atom is -0.468 e. The third-order valence-electron chi connectivity index (χ3n) is 2.54. The van der Waals surface area contributed by atoms with E-state index < -0.39 is 10.0 Å². The molecule has 0 aliphatic carbocycles. The highest BCUT2D eigenvalue weighted by molar-refractivity contribution is 7.89. The van der Waals surface area contributed by atoms with Gasteiger partial charge in [-0.25, -0.2) is 8.42 Å². The lowest BCUT2D eigenvalue weighted by molar-refractivity contribution is 0.406.